The molecule has 0 fully saturated rings. The summed E-state index contributed by atoms with van der Waals surface area (Å²) in [6.45, 7) is 10.1. The molecule has 1 N–H and O–H groups in total. The minimum absolute atomic E-state index is 0.00798. The van der Waals surface area contributed by atoms with Crippen molar-refractivity contribution in [3.8, 4) is 0 Å². The van der Waals surface area contributed by atoms with Gasteiger partial charge in [0.05, 0.1) is 0 Å². The van der Waals surface area contributed by atoms with E-state index in [0.717, 1.165) is 40.1 Å². The van der Waals surface area contributed by atoms with Crippen molar-refractivity contribution in [1.29, 1.82) is 0 Å². The standard InChI is InChI=1S/C18H24N6OS/c1-5-23(6-2)14-7-8-15(12(3)11-14)19-16(25)9-10-17-22-24-13(4)20-21-18(24)26-17/h7-8,11H,5-6,9-10H2,1-4H3,(H,19,25). The average Bonchev–Trinajstić information content (AvgIpc) is 3.18. The fourth-order valence-electron chi connectivity index (χ4n) is 2.86. The zero-order chi connectivity index (χ0) is 18.7. The van der Waals surface area contributed by atoms with Gasteiger partial charge in [-0.25, -0.2) is 0 Å². The molecule has 2 aromatic heterocycles. The second kappa shape index (κ2) is 7.82. The Balaban J connectivity index is 1.60. The molecule has 8 heteroatoms. The summed E-state index contributed by atoms with van der Waals surface area (Å²) in [6, 6.07) is 6.16. The van der Waals surface area contributed by atoms with Crippen LogP contribution in [0.3, 0.4) is 0 Å². The van der Waals surface area contributed by atoms with Gasteiger partial charge in [0.25, 0.3) is 0 Å². The van der Waals surface area contributed by atoms with Crippen molar-refractivity contribution in [2.45, 2.75) is 40.5 Å². The van der Waals surface area contributed by atoms with E-state index in [-0.39, 0.29) is 5.91 Å². The van der Waals surface area contributed by atoms with Crippen LogP contribution >= 0.6 is 11.3 Å². The Labute approximate surface area is 157 Å². The number of rotatable bonds is 7. The lowest BCUT2D eigenvalue weighted by Gasteiger charge is -2.22. The number of hydrogen-bond donors (Lipinski definition) is 1. The first-order chi connectivity index (χ1) is 12.5. The lowest BCUT2D eigenvalue weighted by Crippen LogP contribution is -2.22. The molecule has 1 amide bonds. The summed E-state index contributed by atoms with van der Waals surface area (Å²) in [6.07, 6.45) is 0.982. The molecule has 2 heterocycles. The van der Waals surface area contributed by atoms with Gasteiger partial charge in [-0.05, 0) is 51.5 Å². The molecule has 1 aromatic carbocycles. The maximum absolute atomic E-state index is 12.3. The van der Waals surface area contributed by atoms with Crippen LogP contribution in [0.4, 0.5) is 11.4 Å². The van der Waals surface area contributed by atoms with E-state index in [2.05, 4.69) is 51.5 Å². The third-order valence-corrected chi connectivity index (χ3v) is 5.33. The van der Waals surface area contributed by atoms with E-state index in [1.807, 2.05) is 19.9 Å². The second-order valence-electron chi connectivity index (χ2n) is 6.16. The van der Waals surface area contributed by atoms with Crippen molar-refractivity contribution in [1.82, 2.24) is 19.8 Å². The monoisotopic (exact) mass is 372 g/mol. The SMILES string of the molecule is CCN(CC)c1ccc(NC(=O)CCc2nn3c(C)nnc3s2)c(C)c1. The minimum Gasteiger partial charge on any atom is -0.372 e. The van der Waals surface area contributed by atoms with Gasteiger partial charge in [-0.1, -0.05) is 11.3 Å². The first-order valence-electron chi connectivity index (χ1n) is 8.85. The van der Waals surface area contributed by atoms with Gasteiger partial charge in [-0.2, -0.15) is 9.61 Å². The molecule has 138 valence electrons. The number of amides is 1. The molecule has 3 aromatic rings. The summed E-state index contributed by atoms with van der Waals surface area (Å²) >= 11 is 1.47. The lowest BCUT2D eigenvalue weighted by molar-refractivity contribution is -0.116. The van der Waals surface area contributed by atoms with Crippen LogP contribution in [-0.4, -0.2) is 38.8 Å². The smallest absolute Gasteiger partial charge is 0.234 e. The molecule has 0 atom stereocenters. The summed E-state index contributed by atoms with van der Waals surface area (Å²) in [5, 5.41) is 16.4. The van der Waals surface area contributed by atoms with Crippen molar-refractivity contribution < 1.29 is 4.79 Å². The highest BCUT2D eigenvalue weighted by atomic mass is 32.1. The highest BCUT2D eigenvalue weighted by Crippen LogP contribution is 2.23. The number of aromatic nitrogens is 4. The lowest BCUT2D eigenvalue weighted by atomic mass is 10.1. The summed E-state index contributed by atoms with van der Waals surface area (Å²) in [7, 11) is 0. The van der Waals surface area contributed by atoms with E-state index in [9.17, 15) is 4.79 Å². The zero-order valence-corrected chi connectivity index (χ0v) is 16.4. The van der Waals surface area contributed by atoms with Crippen molar-refractivity contribution in [3.63, 3.8) is 0 Å². The summed E-state index contributed by atoms with van der Waals surface area (Å²) in [4.78, 5) is 15.4. The first-order valence-corrected chi connectivity index (χ1v) is 9.66. The van der Waals surface area contributed by atoms with Crippen LogP contribution in [0.25, 0.3) is 4.96 Å². The molecular formula is C18H24N6OS. The van der Waals surface area contributed by atoms with E-state index in [0.29, 0.717) is 12.8 Å². The normalized spacial score (nSPS) is 11.1. The van der Waals surface area contributed by atoms with E-state index in [4.69, 9.17) is 0 Å². The van der Waals surface area contributed by atoms with Crippen molar-refractivity contribution in [3.05, 3.63) is 34.6 Å². The number of carbonyl (C=O) groups is 1. The largest absolute Gasteiger partial charge is 0.372 e. The molecule has 0 radical (unpaired) electrons. The third-order valence-electron chi connectivity index (χ3n) is 4.37. The molecular weight excluding hydrogens is 348 g/mol. The molecule has 0 bridgehead atoms. The molecule has 0 aliphatic carbocycles. The van der Waals surface area contributed by atoms with Gasteiger partial charge < -0.3 is 10.2 Å². The van der Waals surface area contributed by atoms with Crippen molar-refractivity contribution in [2.75, 3.05) is 23.3 Å². The number of benzene rings is 1. The van der Waals surface area contributed by atoms with Crippen LogP contribution in [0.5, 0.6) is 0 Å². The van der Waals surface area contributed by atoms with Gasteiger partial charge in [-0.15, -0.1) is 10.2 Å². The molecule has 26 heavy (non-hydrogen) atoms. The van der Waals surface area contributed by atoms with Gasteiger partial charge in [0.2, 0.25) is 10.9 Å². The number of anilines is 2. The van der Waals surface area contributed by atoms with Crippen molar-refractivity contribution in [2.24, 2.45) is 0 Å². The molecule has 7 nitrogen and oxygen atoms in total. The van der Waals surface area contributed by atoms with Crippen LogP contribution in [-0.2, 0) is 11.2 Å². The van der Waals surface area contributed by atoms with E-state index in [1.54, 1.807) is 4.52 Å². The van der Waals surface area contributed by atoms with Crippen LogP contribution in [0.2, 0.25) is 0 Å². The Morgan fingerprint density at radius 3 is 2.65 bits per heavy atom. The molecule has 3 rings (SSSR count). The summed E-state index contributed by atoms with van der Waals surface area (Å²) < 4.78 is 1.72. The van der Waals surface area contributed by atoms with Crippen LogP contribution in [0, 0.1) is 13.8 Å². The number of hydrogen-bond acceptors (Lipinski definition) is 6. The van der Waals surface area contributed by atoms with Crippen LogP contribution in [0.1, 0.15) is 36.7 Å². The van der Waals surface area contributed by atoms with E-state index in [1.165, 1.54) is 17.0 Å². The molecule has 0 aliphatic rings. The fraction of sp³-hybridized carbons (Fsp3) is 0.444. The van der Waals surface area contributed by atoms with Gasteiger partial charge in [0.1, 0.15) is 5.01 Å². The molecule has 0 saturated heterocycles. The quantitative estimate of drug-likeness (QED) is 0.689. The Hall–Kier alpha value is -2.48. The maximum atomic E-state index is 12.3. The Kier molecular flexibility index (Phi) is 5.51. The van der Waals surface area contributed by atoms with Crippen LogP contribution in [0.15, 0.2) is 18.2 Å². The number of nitrogens with zero attached hydrogens (tertiary/aromatic N) is 5. The highest BCUT2D eigenvalue weighted by Gasteiger charge is 2.12. The predicted molar refractivity (Wildman–Crippen MR) is 105 cm³/mol. The fourth-order valence-corrected chi connectivity index (χ4v) is 3.74. The van der Waals surface area contributed by atoms with E-state index >= 15 is 0 Å². The van der Waals surface area contributed by atoms with Crippen molar-refractivity contribution >= 4 is 33.6 Å². The Morgan fingerprint density at radius 2 is 2.00 bits per heavy atom. The summed E-state index contributed by atoms with van der Waals surface area (Å²) in [5.41, 5.74) is 3.11. The second-order valence-corrected chi connectivity index (χ2v) is 7.20. The highest BCUT2D eigenvalue weighted by molar-refractivity contribution is 7.16. The Bertz CT molecular complexity index is 912. The van der Waals surface area contributed by atoms with Crippen LogP contribution < -0.4 is 10.2 Å². The number of carbonyl (C=O) groups excluding carboxylic acids is 1. The minimum atomic E-state index is -0.00798. The number of fused-ring (bicyclic) bond motifs is 1. The molecule has 0 saturated carbocycles. The molecule has 0 aliphatic heterocycles. The maximum Gasteiger partial charge on any atom is 0.234 e. The van der Waals surface area contributed by atoms with Gasteiger partial charge in [-0.3, -0.25) is 4.79 Å². The Morgan fingerprint density at radius 1 is 1.23 bits per heavy atom. The third kappa shape index (κ3) is 3.85. The average molecular weight is 372 g/mol. The molecule has 0 spiro atoms. The summed E-state index contributed by atoms with van der Waals surface area (Å²) in [5.74, 6) is 0.752. The van der Waals surface area contributed by atoms with Gasteiger partial charge >= 0.3 is 0 Å². The van der Waals surface area contributed by atoms with Gasteiger partial charge in [0, 0.05) is 37.3 Å². The molecule has 0 unspecified atom stereocenters. The predicted octanol–water partition coefficient (Wildman–Crippen LogP) is 3.22. The topological polar surface area (TPSA) is 75.4 Å². The first kappa shape index (κ1) is 18.3. The zero-order valence-electron chi connectivity index (χ0n) is 15.6. The number of nitrogens with one attached hydrogen (secondary N) is 1. The van der Waals surface area contributed by atoms with Gasteiger partial charge in [0.15, 0.2) is 5.82 Å². The van der Waals surface area contributed by atoms with E-state index < -0.39 is 0 Å². The number of aryl methyl sites for hydroxylation is 3.